The number of thiophene rings is 1. The van der Waals surface area contributed by atoms with Gasteiger partial charge in [0.2, 0.25) is 0 Å². The predicted octanol–water partition coefficient (Wildman–Crippen LogP) is 3.52. The summed E-state index contributed by atoms with van der Waals surface area (Å²) in [5.74, 6) is -1.10. The van der Waals surface area contributed by atoms with Gasteiger partial charge < -0.3 is 5.11 Å². The van der Waals surface area contributed by atoms with E-state index in [0.29, 0.717) is 25.8 Å². The molecular weight excluding hydrogens is 347 g/mol. The van der Waals surface area contributed by atoms with Crippen LogP contribution in [0.25, 0.3) is 21.3 Å². The van der Waals surface area contributed by atoms with Crippen molar-refractivity contribution in [3.8, 4) is 11.1 Å². The molecule has 0 amide bonds. The molecule has 0 atom stereocenters. The van der Waals surface area contributed by atoms with E-state index in [-0.39, 0.29) is 0 Å². The monoisotopic (exact) mass is 354 g/mol. The van der Waals surface area contributed by atoms with Crippen LogP contribution in [0.4, 0.5) is 0 Å². The molecule has 1 N–H and O–H groups in total. The van der Waals surface area contributed by atoms with Gasteiger partial charge in [-0.15, -0.1) is 11.3 Å². The molecule has 0 aliphatic rings. The second-order valence-corrected chi connectivity index (χ2v) is 6.20. The molecule has 0 aliphatic carbocycles. The van der Waals surface area contributed by atoms with E-state index in [9.17, 15) is 9.59 Å². The van der Waals surface area contributed by atoms with Crippen molar-refractivity contribution < 1.29 is 9.90 Å². The quantitative estimate of drug-likeness (QED) is 0.780. The zero-order chi connectivity index (χ0) is 15.9. The molecule has 0 bridgehead atoms. The summed E-state index contributed by atoms with van der Waals surface area (Å²) in [5, 5.41) is 11.8. The lowest BCUT2D eigenvalue weighted by Gasteiger charge is -2.04. The standard InChI is InChI=1S/C14H8Cl2N2O3S/c15-9-2-1-7(3-10(9)16)8-5-22-13-12(8)14(21)18(6-17-13)4-11(19)20/h1-3,5-6H,4H2,(H,19,20). The summed E-state index contributed by atoms with van der Waals surface area (Å²) >= 11 is 13.2. The second kappa shape index (κ2) is 5.72. The van der Waals surface area contributed by atoms with Crippen LogP contribution in [-0.4, -0.2) is 20.6 Å². The van der Waals surface area contributed by atoms with E-state index in [1.165, 1.54) is 17.7 Å². The van der Waals surface area contributed by atoms with Crippen LogP contribution < -0.4 is 5.56 Å². The number of aromatic nitrogens is 2. The molecule has 0 fully saturated rings. The normalized spacial score (nSPS) is 11.0. The van der Waals surface area contributed by atoms with Crippen LogP contribution in [0.5, 0.6) is 0 Å². The minimum Gasteiger partial charge on any atom is -0.480 e. The smallest absolute Gasteiger partial charge is 0.323 e. The van der Waals surface area contributed by atoms with E-state index >= 15 is 0 Å². The summed E-state index contributed by atoms with van der Waals surface area (Å²) in [5.41, 5.74) is 0.998. The fourth-order valence-corrected chi connectivity index (χ4v) is 3.31. The van der Waals surface area contributed by atoms with Crippen molar-refractivity contribution in [1.29, 1.82) is 0 Å². The Labute approximate surface area is 138 Å². The van der Waals surface area contributed by atoms with Gasteiger partial charge in [0.15, 0.2) is 0 Å². The van der Waals surface area contributed by atoms with Gasteiger partial charge >= 0.3 is 5.97 Å². The topological polar surface area (TPSA) is 72.2 Å². The predicted molar refractivity (Wildman–Crippen MR) is 87.0 cm³/mol. The van der Waals surface area contributed by atoms with Crippen LogP contribution >= 0.6 is 34.5 Å². The Bertz CT molecular complexity index is 949. The minimum absolute atomic E-state index is 0.382. The molecule has 0 unspecified atom stereocenters. The van der Waals surface area contributed by atoms with Crippen molar-refractivity contribution in [3.05, 3.63) is 50.3 Å². The van der Waals surface area contributed by atoms with Crippen LogP contribution in [0.15, 0.2) is 34.7 Å². The number of carbonyl (C=O) groups is 1. The third-order valence-electron chi connectivity index (χ3n) is 3.10. The second-order valence-electron chi connectivity index (χ2n) is 4.53. The molecule has 0 saturated carbocycles. The number of halogens is 2. The third kappa shape index (κ3) is 2.61. The van der Waals surface area contributed by atoms with Crippen molar-refractivity contribution >= 4 is 50.7 Å². The summed E-state index contributed by atoms with van der Waals surface area (Å²) < 4.78 is 1.07. The molecule has 0 saturated heterocycles. The van der Waals surface area contributed by atoms with Gasteiger partial charge in [-0.2, -0.15) is 0 Å². The number of nitrogens with zero attached hydrogens (tertiary/aromatic N) is 2. The average Bonchev–Trinajstić information content (AvgIpc) is 2.89. The van der Waals surface area contributed by atoms with Crippen LogP contribution in [0, 0.1) is 0 Å². The Balaban J connectivity index is 2.24. The van der Waals surface area contributed by atoms with Crippen molar-refractivity contribution in [3.63, 3.8) is 0 Å². The molecule has 3 aromatic rings. The first-order chi connectivity index (χ1) is 10.5. The van der Waals surface area contributed by atoms with E-state index in [0.717, 1.165) is 10.1 Å². The van der Waals surface area contributed by atoms with Crippen LogP contribution in [0.1, 0.15) is 0 Å². The van der Waals surface area contributed by atoms with Gasteiger partial charge in [0.25, 0.3) is 5.56 Å². The Morgan fingerprint density at radius 1 is 1.32 bits per heavy atom. The molecule has 22 heavy (non-hydrogen) atoms. The van der Waals surface area contributed by atoms with Crippen LogP contribution in [-0.2, 0) is 11.3 Å². The summed E-state index contributed by atoms with van der Waals surface area (Å²) in [6, 6.07) is 5.07. The van der Waals surface area contributed by atoms with Gasteiger partial charge in [-0.1, -0.05) is 29.3 Å². The van der Waals surface area contributed by atoms with Gasteiger partial charge in [0.05, 0.1) is 21.8 Å². The molecule has 2 heterocycles. The largest absolute Gasteiger partial charge is 0.480 e. The summed E-state index contributed by atoms with van der Waals surface area (Å²) in [6.07, 6.45) is 1.24. The minimum atomic E-state index is -1.10. The Morgan fingerprint density at radius 2 is 2.09 bits per heavy atom. The van der Waals surface area contributed by atoms with Gasteiger partial charge in [-0.05, 0) is 17.7 Å². The van der Waals surface area contributed by atoms with Gasteiger partial charge in [0.1, 0.15) is 11.4 Å². The van der Waals surface area contributed by atoms with Gasteiger partial charge in [0, 0.05) is 10.9 Å². The lowest BCUT2D eigenvalue weighted by molar-refractivity contribution is -0.137. The number of hydrogen-bond acceptors (Lipinski definition) is 4. The number of aliphatic carboxylic acids is 1. The fraction of sp³-hybridized carbons (Fsp3) is 0.0714. The maximum absolute atomic E-state index is 12.5. The number of benzene rings is 1. The highest BCUT2D eigenvalue weighted by Gasteiger charge is 2.15. The number of fused-ring (bicyclic) bond motifs is 1. The van der Waals surface area contributed by atoms with Crippen LogP contribution in [0.3, 0.4) is 0 Å². The summed E-state index contributed by atoms with van der Waals surface area (Å²) in [7, 11) is 0. The van der Waals surface area contributed by atoms with Crippen LogP contribution in [0.2, 0.25) is 10.0 Å². The first-order valence-electron chi connectivity index (χ1n) is 6.11. The van der Waals surface area contributed by atoms with E-state index in [1.54, 1.807) is 23.6 Å². The van der Waals surface area contributed by atoms with Gasteiger partial charge in [-0.3, -0.25) is 14.2 Å². The first-order valence-corrected chi connectivity index (χ1v) is 7.75. The SMILES string of the molecule is O=C(O)Cn1cnc2scc(-c3ccc(Cl)c(Cl)c3)c2c1=O. The Hall–Kier alpha value is -1.89. The molecule has 0 aliphatic heterocycles. The van der Waals surface area contributed by atoms with Crippen molar-refractivity contribution in [2.24, 2.45) is 0 Å². The van der Waals surface area contributed by atoms with Crippen molar-refractivity contribution in [1.82, 2.24) is 9.55 Å². The number of carboxylic acids is 1. The zero-order valence-corrected chi connectivity index (χ0v) is 13.2. The van der Waals surface area contributed by atoms with Crippen molar-refractivity contribution in [2.75, 3.05) is 0 Å². The lowest BCUT2D eigenvalue weighted by atomic mass is 10.1. The third-order valence-corrected chi connectivity index (χ3v) is 4.72. The van der Waals surface area contributed by atoms with E-state index < -0.39 is 18.1 Å². The molecule has 2 aromatic heterocycles. The van der Waals surface area contributed by atoms with Crippen molar-refractivity contribution in [2.45, 2.75) is 6.54 Å². The average molecular weight is 355 g/mol. The molecule has 3 rings (SSSR count). The Morgan fingerprint density at radius 3 is 2.77 bits per heavy atom. The molecule has 0 spiro atoms. The number of rotatable bonds is 3. The molecule has 1 aromatic carbocycles. The fourth-order valence-electron chi connectivity index (χ4n) is 2.10. The maximum Gasteiger partial charge on any atom is 0.323 e. The maximum atomic E-state index is 12.5. The van der Waals surface area contributed by atoms with E-state index in [2.05, 4.69) is 4.98 Å². The van der Waals surface area contributed by atoms with E-state index in [1.807, 2.05) is 0 Å². The number of hydrogen-bond donors (Lipinski definition) is 1. The zero-order valence-electron chi connectivity index (χ0n) is 10.9. The molecule has 5 nitrogen and oxygen atoms in total. The molecular formula is C14H8Cl2N2O3S. The summed E-state index contributed by atoms with van der Waals surface area (Å²) in [4.78, 5) is 28.0. The first kappa shape index (κ1) is 15.0. The highest BCUT2D eigenvalue weighted by molar-refractivity contribution is 7.17. The highest BCUT2D eigenvalue weighted by atomic mass is 35.5. The van der Waals surface area contributed by atoms with Gasteiger partial charge in [-0.25, -0.2) is 4.98 Å². The number of carboxylic acid groups (broad SMARTS) is 1. The lowest BCUT2D eigenvalue weighted by Crippen LogP contribution is -2.24. The molecule has 112 valence electrons. The summed E-state index contributed by atoms with van der Waals surface area (Å²) in [6.45, 7) is -0.432. The highest BCUT2D eigenvalue weighted by Crippen LogP contribution is 2.34. The van der Waals surface area contributed by atoms with E-state index in [4.69, 9.17) is 28.3 Å². The Kier molecular flexibility index (Phi) is 3.90. The molecule has 0 radical (unpaired) electrons. The molecule has 8 heteroatoms.